The molecule has 0 radical (unpaired) electrons. The monoisotopic (exact) mass is 405 g/mol. The third kappa shape index (κ3) is 3.13. The van der Waals surface area contributed by atoms with Crippen LogP contribution in [0.25, 0.3) is 17.2 Å². The van der Waals surface area contributed by atoms with Crippen molar-refractivity contribution in [2.75, 3.05) is 6.54 Å². The maximum absolute atomic E-state index is 13.2. The quantitative estimate of drug-likeness (QED) is 0.672. The molecule has 1 aliphatic heterocycles. The predicted molar refractivity (Wildman–Crippen MR) is 114 cm³/mol. The molecule has 1 aromatic carbocycles. The average Bonchev–Trinajstić information content (AvgIpc) is 3.40. The van der Waals surface area contributed by atoms with Crippen LogP contribution in [0.5, 0.6) is 0 Å². The number of benzene rings is 1. The van der Waals surface area contributed by atoms with Gasteiger partial charge in [0.1, 0.15) is 6.54 Å². The fraction of sp³-hybridized carbons (Fsp3) is 0.478. The van der Waals surface area contributed by atoms with Crippen molar-refractivity contribution >= 4 is 11.7 Å². The Hall–Kier alpha value is -2.96. The summed E-state index contributed by atoms with van der Waals surface area (Å²) in [7, 11) is 0. The summed E-state index contributed by atoms with van der Waals surface area (Å²) in [6.45, 7) is 5.17. The van der Waals surface area contributed by atoms with Crippen molar-refractivity contribution in [3.63, 3.8) is 0 Å². The maximum Gasteiger partial charge on any atom is 0.279 e. The Bertz CT molecular complexity index is 1180. The molecular weight excluding hydrogens is 378 g/mol. The van der Waals surface area contributed by atoms with Crippen LogP contribution < -0.4 is 5.56 Å². The van der Waals surface area contributed by atoms with E-state index in [0.29, 0.717) is 11.6 Å². The summed E-state index contributed by atoms with van der Waals surface area (Å²) >= 11 is 0. The molecule has 1 saturated heterocycles. The molecule has 30 heavy (non-hydrogen) atoms. The van der Waals surface area contributed by atoms with E-state index in [4.69, 9.17) is 4.98 Å². The summed E-state index contributed by atoms with van der Waals surface area (Å²) in [5.74, 6) is 1.08. The Morgan fingerprint density at radius 1 is 1.13 bits per heavy atom. The summed E-state index contributed by atoms with van der Waals surface area (Å²) in [4.78, 5) is 32.9. The fourth-order valence-electron chi connectivity index (χ4n) is 4.81. The summed E-state index contributed by atoms with van der Waals surface area (Å²) in [5, 5.41) is 4.53. The molecule has 1 atom stereocenters. The van der Waals surface area contributed by atoms with E-state index >= 15 is 0 Å². The van der Waals surface area contributed by atoms with E-state index in [1.54, 1.807) is 0 Å². The number of amides is 1. The maximum atomic E-state index is 13.2. The molecule has 1 aliphatic carbocycles. The zero-order chi connectivity index (χ0) is 20.8. The number of rotatable bonds is 3. The zero-order valence-corrected chi connectivity index (χ0v) is 17.6. The van der Waals surface area contributed by atoms with Gasteiger partial charge in [0.15, 0.2) is 5.82 Å². The molecule has 0 saturated carbocycles. The molecule has 3 heterocycles. The number of hydrogen-bond donors (Lipinski definition) is 0. The molecule has 1 fully saturated rings. The van der Waals surface area contributed by atoms with Gasteiger partial charge in [0.25, 0.3) is 5.56 Å². The molecule has 2 aromatic heterocycles. The number of aryl methyl sites for hydroxylation is 1. The Balaban J connectivity index is 1.61. The first kappa shape index (κ1) is 19.0. The van der Waals surface area contributed by atoms with E-state index in [-0.39, 0.29) is 24.1 Å². The number of carbonyl (C=O) groups excluding carboxylic acids is 1. The van der Waals surface area contributed by atoms with Crippen molar-refractivity contribution in [3.05, 3.63) is 51.4 Å². The van der Waals surface area contributed by atoms with Crippen LogP contribution in [0.1, 0.15) is 49.4 Å². The molecule has 1 amide bonds. The van der Waals surface area contributed by atoms with Crippen LogP contribution in [-0.2, 0) is 24.2 Å². The average molecular weight is 406 g/mol. The van der Waals surface area contributed by atoms with E-state index in [1.807, 2.05) is 40.7 Å². The normalized spacial score (nSPS) is 18.7. The lowest BCUT2D eigenvalue weighted by Crippen LogP contribution is -2.44. The van der Waals surface area contributed by atoms with Gasteiger partial charge in [-0.05, 0) is 52.4 Å². The molecular formula is C23H27N5O2. The molecule has 0 bridgehead atoms. The first-order valence-corrected chi connectivity index (χ1v) is 10.9. The van der Waals surface area contributed by atoms with Crippen molar-refractivity contribution in [1.29, 1.82) is 0 Å². The van der Waals surface area contributed by atoms with Gasteiger partial charge in [-0.15, -0.1) is 5.10 Å². The van der Waals surface area contributed by atoms with E-state index in [1.165, 1.54) is 10.9 Å². The molecule has 5 rings (SSSR count). The van der Waals surface area contributed by atoms with E-state index in [9.17, 15) is 9.59 Å². The molecule has 2 aliphatic rings. The van der Waals surface area contributed by atoms with Crippen LogP contribution in [0.4, 0.5) is 0 Å². The lowest BCUT2D eigenvalue weighted by molar-refractivity contribution is -0.135. The van der Waals surface area contributed by atoms with Gasteiger partial charge in [-0.25, -0.2) is 0 Å². The third-order valence-electron chi connectivity index (χ3n) is 6.52. The summed E-state index contributed by atoms with van der Waals surface area (Å²) in [6.07, 6.45) is 5.74. The lowest BCUT2D eigenvalue weighted by atomic mass is 10.0. The molecule has 7 heteroatoms. The van der Waals surface area contributed by atoms with Crippen LogP contribution in [0.2, 0.25) is 0 Å². The highest BCUT2D eigenvalue weighted by atomic mass is 16.2. The molecule has 3 aromatic rings. The minimum absolute atomic E-state index is 0.0987. The van der Waals surface area contributed by atoms with Crippen molar-refractivity contribution in [3.8, 4) is 11.4 Å². The zero-order valence-electron chi connectivity index (χ0n) is 17.6. The lowest BCUT2D eigenvalue weighted by Gasteiger charge is -2.33. The summed E-state index contributed by atoms with van der Waals surface area (Å²) in [5.41, 5.74) is 3.66. The van der Waals surface area contributed by atoms with Gasteiger partial charge in [0.2, 0.25) is 11.7 Å². The van der Waals surface area contributed by atoms with Crippen LogP contribution in [-0.4, -0.2) is 42.6 Å². The van der Waals surface area contributed by atoms with Crippen LogP contribution >= 0.6 is 0 Å². The fourth-order valence-corrected chi connectivity index (χ4v) is 4.81. The van der Waals surface area contributed by atoms with E-state index in [0.717, 1.165) is 61.0 Å². The molecule has 0 unspecified atom stereocenters. The second kappa shape index (κ2) is 7.38. The smallest absolute Gasteiger partial charge is 0.279 e. The second-order valence-corrected chi connectivity index (χ2v) is 8.62. The molecule has 0 N–H and O–H groups in total. The Morgan fingerprint density at radius 2 is 1.93 bits per heavy atom. The van der Waals surface area contributed by atoms with Gasteiger partial charge in [-0.1, -0.05) is 29.8 Å². The van der Waals surface area contributed by atoms with Crippen molar-refractivity contribution in [2.45, 2.75) is 65.0 Å². The van der Waals surface area contributed by atoms with Gasteiger partial charge >= 0.3 is 0 Å². The third-order valence-corrected chi connectivity index (χ3v) is 6.52. The number of hydrogen-bond acceptors (Lipinski definition) is 4. The second-order valence-electron chi connectivity index (χ2n) is 8.62. The number of piperidine rings is 1. The van der Waals surface area contributed by atoms with Crippen molar-refractivity contribution in [2.24, 2.45) is 0 Å². The van der Waals surface area contributed by atoms with E-state index in [2.05, 4.69) is 12.0 Å². The van der Waals surface area contributed by atoms with Crippen molar-refractivity contribution < 1.29 is 4.79 Å². The van der Waals surface area contributed by atoms with Gasteiger partial charge in [-0.2, -0.15) is 9.50 Å². The first-order chi connectivity index (χ1) is 14.5. The highest BCUT2D eigenvalue weighted by Crippen LogP contribution is 2.24. The largest absolute Gasteiger partial charge is 0.338 e. The minimum atomic E-state index is -0.0987. The van der Waals surface area contributed by atoms with Gasteiger partial charge in [-0.3, -0.25) is 9.59 Å². The predicted octanol–water partition coefficient (Wildman–Crippen LogP) is 2.76. The highest BCUT2D eigenvalue weighted by molar-refractivity contribution is 5.77. The number of aromatic nitrogens is 4. The van der Waals surface area contributed by atoms with Crippen LogP contribution in [0, 0.1) is 6.92 Å². The highest BCUT2D eigenvalue weighted by Gasteiger charge is 2.28. The van der Waals surface area contributed by atoms with Crippen LogP contribution in [0.15, 0.2) is 29.1 Å². The van der Waals surface area contributed by atoms with Gasteiger partial charge in [0.05, 0.1) is 0 Å². The standard InChI is InChI=1S/C23H27N5O2/c1-15-9-11-17(12-10-15)21-24-23-27(14-20(29)26-13-4-3-6-16(26)2)19-8-5-7-18(19)22(30)28(23)25-21/h9-12,16H,3-8,13-14H2,1-2H3/t16-/m1/s1. The number of likely N-dealkylation sites (tertiary alicyclic amines) is 1. The number of nitrogens with zero attached hydrogens (tertiary/aromatic N) is 5. The Morgan fingerprint density at radius 3 is 2.70 bits per heavy atom. The first-order valence-electron chi connectivity index (χ1n) is 10.9. The van der Waals surface area contributed by atoms with Crippen molar-refractivity contribution in [1.82, 2.24) is 24.1 Å². The Kier molecular flexibility index (Phi) is 4.68. The number of carbonyl (C=O) groups is 1. The van der Waals surface area contributed by atoms with Crippen LogP contribution in [0.3, 0.4) is 0 Å². The molecule has 7 nitrogen and oxygen atoms in total. The van der Waals surface area contributed by atoms with Gasteiger partial charge in [0, 0.05) is 29.4 Å². The summed E-state index contributed by atoms with van der Waals surface area (Å²) in [6, 6.07) is 8.21. The number of fused-ring (bicyclic) bond motifs is 2. The molecule has 0 spiro atoms. The van der Waals surface area contributed by atoms with E-state index < -0.39 is 0 Å². The SMILES string of the molecule is Cc1ccc(-c2nc3n(CC(=O)N4CCCC[C@H]4C)c4c(c(=O)n3n2)CCC4)cc1. The topological polar surface area (TPSA) is 72.5 Å². The summed E-state index contributed by atoms with van der Waals surface area (Å²) < 4.78 is 3.34. The Labute approximate surface area is 175 Å². The van der Waals surface area contributed by atoms with Gasteiger partial charge < -0.3 is 9.47 Å². The molecule has 156 valence electrons. The minimum Gasteiger partial charge on any atom is -0.338 e.